The molecule has 0 spiro atoms. The Labute approximate surface area is 125 Å². The molecule has 0 aliphatic rings. The maximum absolute atomic E-state index is 13.1. The number of ether oxygens (including phenoxy) is 1. The Morgan fingerprint density at radius 1 is 1.09 bits per heavy atom. The Balaban J connectivity index is 2.27. The van der Waals surface area contributed by atoms with Crippen LogP contribution in [0.4, 0.5) is 8.78 Å². The molecule has 0 bridgehead atoms. The van der Waals surface area contributed by atoms with Crippen LogP contribution < -0.4 is 4.74 Å². The second-order valence-electron chi connectivity index (χ2n) is 4.54. The van der Waals surface area contributed by atoms with E-state index in [4.69, 9.17) is 4.74 Å². The number of methoxy groups -OCH3 is 1. The summed E-state index contributed by atoms with van der Waals surface area (Å²) >= 11 is 0. The third-order valence-corrected chi connectivity index (χ3v) is 3.01. The highest BCUT2D eigenvalue weighted by Crippen LogP contribution is 2.29. The second kappa shape index (κ2) is 6.34. The van der Waals surface area contributed by atoms with Gasteiger partial charge in [0.2, 0.25) is 0 Å². The van der Waals surface area contributed by atoms with Crippen molar-refractivity contribution < 1.29 is 28.2 Å². The lowest BCUT2D eigenvalue weighted by atomic mass is 10.00. The molecule has 2 aromatic rings. The van der Waals surface area contributed by atoms with E-state index < -0.39 is 29.6 Å². The Morgan fingerprint density at radius 2 is 1.73 bits per heavy atom. The van der Waals surface area contributed by atoms with Crippen molar-refractivity contribution in [3.63, 3.8) is 0 Å². The molecule has 2 aromatic carbocycles. The van der Waals surface area contributed by atoms with E-state index in [0.29, 0.717) is 6.07 Å². The molecule has 22 heavy (non-hydrogen) atoms. The summed E-state index contributed by atoms with van der Waals surface area (Å²) in [7, 11) is 1.31. The van der Waals surface area contributed by atoms with Crippen molar-refractivity contribution >= 4 is 11.6 Å². The van der Waals surface area contributed by atoms with Gasteiger partial charge in [-0.05, 0) is 24.3 Å². The van der Waals surface area contributed by atoms with Crippen molar-refractivity contribution in [3.05, 3.63) is 59.2 Å². The SMILES string of the molecule is COc1cccc(O)c1C(=O)CC(=O)c1cc(F)cc(F)c1. The molecule has 0 amide bonds. The number of Topliss-reactive ketones (excluding diaryl/α,β-unsaturated/α-hetero) is 2. The summed E-state index contributed by atoms with van der Waals surface area (Å²) in [6, 6.07) is 6.54. The highest BCUT2D eigenvalue weighted by atomic mass is 19.1. The number of ketones is 2. The number of carbonyl (C=O) groups excluding carboxylic acids is 2. The number of halogens is 2. The molecule has 0 fully saturated rings. The van der Waals surface area contributed by atoms with E-state index in [9.17, 15) is 23.5 Å². The number of benzene rings is 2. The van der Waals surface area contributed by atoms with Gasteiger partial charge in [0, 0.05) is 11.6 Å². The van der Waals surface area contributed by atoms with Crippen molar-refractivity contribution in [2.24, 2.45) is 0 Å². The summed E-state index contributed by atoms with van der Waals surface area (Å²) in [5.41, 5.74) is -0.393. The van der Waals surface area contributed by atoms with Crippen LogP contribution in [0.15, 0.2) is 36.4 Å². The Kier molecular flexibility index (Phi) is 4.50. The number of rotatable bonds is 5. The Hall–Kier alpha value is -2.76. The third-order valence-electron chi connectivity index (χ3n) is 3.01. The van der Waals surface area contributed by atoms with Gasteiger partial charge in [0.25, 0.3) is 0 Å². The summed E-state index contributed by atoms with van der Waals surface area (Å²) in [5.74, 6) is -3.49. The summed E-state index contributed by atoms with van der Waals surface area (Å²) < 4.78 is 31.1. The molecule has 114 valence electrons. The van der Waals surface area contributed by atoms with Crippen molar-refractivity contribution in [1.82, 2.24) is 0 Å². The van der Waals surface area contributed by atoms with Crippen LogP contribution in [-0.4, -0.2) is 23.8 Å². The van der Waals surface area contributed by atoms with E-state index in [0.717, 1.165) is 12.1 Å². The smallest absolute Gasteiger partial charge is 0.178 e. The average Bonchev–Trinajstić information content (AvgIpc) is 2.45. The molecule has 0 radical (unpaired) electrons. The second-order valence-corrected chi connectivity index (χ2v) is 4.54. The summed E-state index contributed by atoms with van der Waals surface area (Å²) in [5, 5.41) is 9.73. The minimum atomic E-state index is -0.907. The monoisotopic (exact) mass is 306 g/mol. The molecule has 0 aliphatic heterocycles. The molecule has 0 aromatic heterocycles. The van der Waals surface area contributed by atoms with Crippen LogP contribution in [0.1, 0.15) is 27.1 Å². The van der Waals surface area contributed by atoms with Crippen LogP contribution in [0.2, 0.25) is 0 Å². The molecule has 0 unspecified atom stereocenters. The minimum Gasteiger partial charge on any atom is -0.507 e. The molecule has 2 rings (SSSR count). The first-order valence-electron chi connectivity index (χ1n) is 6.31. The molecule has 0 saturated heterocycles. The maximum Gasteiger partial charge on any atom is 0.178 e. The zero-order valence-corrected chi connectivity index (χ0v) is 11.6. The van der Waals surface area contributed by atoms with Gasteiger partial charge in [-0.1, -0.05) is 6.07 Å². The first-order valence-corrected chi connectivity index (χ1v) is 6.31. The quantitative estimate of drug-likeness (QED) is 0.681. The van der Waals surface area contributed by atoms with Gasteiger partial charge in [0.05, 0.1) is 13.5 Å². The predicted octanol–water partition coefficient (Wildman–Crippen LogP) is 3.13. The van der Waals surface area contributed by atoms with Crippen molar-refractivity contribution in [2.75, 3.05) is 7.11 Å². The number of hydrogen-bond acceptors (Lipinski definition) is 4. The zero-order chi connectivity index (χ0) is 16.3. The van der Waals surface area contributed by atoms with Crippen LogP contribution in [0.25, 0.3) is 0 Å². The van der Waals surface area contributed by atoms with Gasteiger partial charge in [0.15, 0.2) is 11.6 Å². The van der Waals surface area contributed by atoms with Gasteiger partial charge >= 0.3 is 0 Å². The molecule has 0 aliphatic carbocycles. The standard InChI is InChI=1S/C16H12F2O4/c1-22-15-4-2-3-12(19)16(15)14(21)8-13(20)9-5-10(17)7-11(18)6-9/h2-7,19H,8H2,1H3. The molecule has 0 heterocycles. The van der Waals surface area contributed by atoms with Crippen LogP contribution in [0.5, 0.6) is 11.5 Å². The van der Waals surface area contributed by atoms with E-state index in [-0.39, 0.29) is 22.6 Å². The van der Waals surface area contributed by atoms with Crippen molar-refractivity contribution in [2.45, 2.75) is 6.42 Å². The third kappa shape index (κ3) is 3.28. The molecule has 1 N–H and O–H groups in total. The number of phenolic OH excluding ortho intramolecular Hbond substituents is 1. The van der Waals surface area contributed by atoms with Crippen molar-refractivity contribution in [3.8, 4) is 11.5 Å². The number of phenols is 1. The fourth-order valence-corrected chi connectivity index (χ4v) is 2.02. The number of carbonyl (C=O) groups is 2. The molecular formula is C16H12F2O4. The first-order chi connectivity index (χ1) is 10.4. The van der Waals surface area contributed by atoms with E-state index >= 15 is 0 Å². The predicted molar refractivity (Wildman–Crippen MR) is 74.3 cm³/mol. The van der Waals surface area contributed by atoms with Gasteiger partial charge in [-0.15, -0.1) is 0 Å². The Morgan fingerprint density at radius 3 is 2.32 bits per heavy atom. The van der Waals surface area contributed by atoms with E-state index in [1.165, 1.54) is 25.3 Å². The van der Waals surface area contributed by atoms with Crippen LogP contribution >= 0.6 is 0 Å². The van der Waals surface area contributed by atoms with Gasteiger partial charge in [-0.2, -0.15) is 0 Å². The van der Waals surface area contributed by atoms with E-state index in [1.807, 2.05) is 0 Å². The van der Waals surface area contributed by atoms with Crippen LogP contribution in [0, 0.1) is 11.6 Å². The highest BCUT2D eigenvalue weighted by molar-refractivity contribution is 6.15. The molecule has 4 nitrogen and oxygen atoms in total. The fourth-order valence-electron chi connectivity index (χ4n) is 2.02. The lowest BCUT2D eigenvalue weighted by Gasteiger charge is -2.09. The van der Waals surface area contributed by atoms with E-state index in [1.54, 1.807) is 0 Å². The van der Waals surface area contributed by atoms with E-state index in [2.05, 4.69) is 0 Å². The lowest BCUT2D eigenvalue weighted by molar-refractivity contribution is 0.0891. The van der Waals surface area contributed by atoms with Gasteiger partial charge < -0.3 is 9.84 Å². The average molecular weight is 306 g/mol. The molecular weight excluding hydrogens is 294 g/mol. The number of hydrogen-bond donors (Lipinski definition) is 1. The largest absolute Gasteiger partial charge is 0.507 e. The van der Waals surface area contributed by atoms with Gasteiger partial charge in [0.1, 0.15) is 28.7 Å². The highest BCUT2D eigenvalue weighted by Gasteiger charge is 2.21. The lowest BCUT2D eigenvalue weighted by Crippen LogP contribution is -2.10. The molecule has 0 atom stereocenters. The first kappa shape index (κ1) is 15.6. The van der Waals surface area contributed by atoms with Gasteiger partial charge in [-0.3, -0.25) is 9.59 Å². The van der Waals surface area contributed by atoms with Crippen LogP contribution in [-0.2, 0) is 0 Å². The van der Waals surface area contributed by atoms with Crippen LogP contribution in [0.3, 0.4) is 0 Å². The van der Waals surface area contributed by atoms with Crippen molar-refractivity contribution in [1.29, 1.82) is 0 Å². The Bertz CT molecular complexity index is 721. The number of aromatic hydroxyl groups is 1. The fraction of sp³-hybridized carbons (Fsp3) is 0.125. The maximum atomic E-state index is 13.1. The summed E-state index contributed by atoms with van der Waals surface area (Å²) in [4.78, 5) is 24.1. The summed E-state index contributed by atoms with van der Waals surface area (Å²) in [6.45, 7) is 0. The topological polar surface area (TPSA) is 63.6 Å². The normalized spacial score (nSPS) is 10.3. The summed E-state index contributed by atoms with van der Waals surface area (Å²) in [6.07, 6.45) is -0.642. The molecule has 6 heteroatoms. The minimum absolute atomic E-state index is 0.114. The van der Waals surface area contributed by atoms with Gasteiger partial charge in [-0.25, -0.2) is 8.78 Å². The molecule has 0 saturated carbocycles. The zero-order valence-electron chi connectivity index (χ0n) is 11.6.